The summed E-state index contributed by atoms with van der Waals surface area (Å²) in [5, 5.41) is 10.1. The standard InChI is InChI=1S/C7H6ClFN2O2/c1-3-4(11-7(12)13)2-10-6(8)5(3)9/h2,11H,1H3,(H,12,13). The van der Waals surface area contributed by atoms with Gasteiger partial charge in [-0.2, -0.15) is 0 Å². The Morgan fingerprint density at radius 3 is 2.92 bits per heavy atom. The third-order valence-electron chi connectivity index (χ3n) is 1.46. The van der Waals surface area contributed by atoms with Gasteiger partial charge < -0.3 is 5.11 Å². The van der Waals surface area contributed by atoms with Crippen LogP contribution in [0.2, 0.25) is 5.15 Å². The minimum atomic E-state index is -1.27. The van der Waals surface area contributed by atoms with Crippen LogP contribution in [0.5, 0.6) is 0 Å². The van der Waals surface area contributed by atoms with E-state index < -0.39 is 11.9 Å². The highest BCUT2D eigenvalue weighted by atomic mass is 35.5. The molecule has 0 aliphatic rings. The molecule has 1 amide bonds. The van der Waals surface area contributed by atoms with Crippen LogP contribution in [0.15, 0.2) is 6.20 Å². The summed E-state index contributed by atoms with van der Waals surface area (Å²) >= 11 is 5.36. The number of pyridine rings is 1. The summed E-state index contributed by atoms with van der Waals surface area (Å²) in [7, 11) is 0. The Morgan fingerprint density at radius 1 is 1.77 bits per heavy atom. The first-order valence-corrected chi connectivity index (χ1v) is 3.70. The molecule has 0 aliphatic carbocycles. The van der Waals surface area contributed by atoms with E-state index >= 15 is 0 Å². The number of nitrogens with zero attached hydrogens (tertiary/aromatic N) is 1. The van der Waals surface area contributed by atoms with Crippen LogP contribution in [0.25, 0.3) is 0 Å². The van der Waals surface area contributed by atoms with Gasteiger partial charge in [0.1, 0.15) is 0 Å². The monoisotopic (exact) mass is 204 g/mol. The molecule has 0 aromatic carbocycles. The second kappa shape index (κ2) is 3.57. The zero-order chi connectivity index (χ0) is 10.0. The number of anilines is 1. The minimum absolute atomic E-state index is 0.0920. The minimum Gasteiger partial charge on any atom is -0.465 e. The molecular weight excluding hydrogens is 199 g/mol. The number of halogens is 2. The molecule has 0 fully saturated rings. The van der Waals surface area contributed by atoms with Crippen LogP contribution >= 0.6 is 11.6 Å². The summed E-state index contributed by atoms with van der Waals surface area (Å²) in [6.45, 7) is 1.41. The summed E-state index contributed by atoms with van der Waals surface area (Å²) in [4.78, 5) is 13.7. The zero-order valence-corrected chi connectivity index (χ0v) is 7.39. The van der Waals surface area contributed by atoms with Crippen molar-refractivity contribution in [3.05, 3.63) is 22.7 Å². The molecule has 4 nitrogen and oxygen atoms in total. The lowest BCUT2D eigenvalue weighted by atomic mass is 10.2. The smallest absolute Gasteiger partial charge is 0.409 e. The maximum Gasteiger partial charge on any atom is 0.409 e. The lowest BCUT2D eigenvalue weighted by molar-refractivity contribution is 0.209. The highest BCUT2D eigenvalue weighted by Gasteiger charge is 2.10. The molecule has 0 radical (unpaired) electrons. The van der Waals surface area contributed by atoms with Gasteiger partial charge in [0.05, 0.1) is 11.9 Å². The predicted molar refractivity (Wildman–Crippen MR) is 45.6 cm³/mol. The van der Waals surface area contributed by atoms with Crippen molar-refractivity contribution in [1.82, 2.24) is 4.98 Å². The molecule has 0 atom stereocenters. The van der Waals surface area contributed by atoms with E-state index in [0.29, 0.717) is 0 Å². The number of rotatable bonds is 1. The van der Waals surface area contributed by atoms with E-state index in [1.807, 2.05) is 5.32 Å². The zero-order valence-electron chi connectivity index (χ0n) is 6.64. The molecule has 6 heteroatoms. The van der Waals surface area contributed by atoms with Gasteiger partial charge in [-0.3, -0.25) is 5.32 Å². The van der Waals surface area contributed by atoms with Crippen LogP contribution in [0.1, 0.15) is 5.56 Å². The molecule has 1 aromatic rings. The van der Waals surface area contributed by atoms with E-state index in [-0.39, 0.29) is 16.4 Å². The molecule has 70 valence electrons. The fourth-order valence-corrected chi connectivity index (χ4v) is 0.979. The third-order valence-corrected chi connectivity index (χ3v) is 1.73. The highest BCUT2D eigenvalue weighted by Crippen LogP contribution is 2.21. The first kappa shape index (κ1) is 9.73. The molecule has 1 aromatic heterocycles. The van der Waals surface area contributed by atoms with Gasteiger partial charge in [0.15, 0.2) is 11.0 Å². The Kier molecular flexibility index (Phi) is 2.67. The largest absolute Gasteiger partial charge is 0.465 e. The molecule has 2 N–H and O–H groups in total. The Labute approximate surface area is 78.4 Å². The molecule has 0 bridgehead atoms. The normalized spacial score (nSPS) is 9.77. The quantitative estimate of drug-likeness (QED) is 0.690. The van der Waals surface area contributed by atoms with Crippen LogP contribution in [0.3, 0.4) is 0 Å². The van der Waals surface area contributed by atoms with E-state index in [9.17, 15) is 9.18 Å². The van der Waals surface area contributed by atoms with Gasteiger partial charge in [0.25, 0.3) is 0 Å². The molecule has 13 heavy (non-hydrogen) atoms. The van der Waals surface area contributed by atoms with Crippen LogP contribution in [-0.2, 0) is 0 Å². The van der Waals surface area contributed by atoms with Gasteiger partial charge in [0.2, 0.25) is 0 Å². The Balaban J connectivity index is 3.10. The van der Waals surface area contributed by atoms with Gasteiger partial charge in [-0.25, -0.2) is 14.2 Å². The molecule has 1 heterocycles. The Bertz CT molecular complexity index is 357. The van der Waals surface area contributed by atoms with Gasteiger partial charge >= 0.3 is 6.09 Å². The first-order valence-electron chi connectivity index (χ1n) is 3.33. The van der Waals surface area contributed by atoms with Gasteiger partial charge in [-0.15, -0.1) is 0 Å². The van der Waals surface area contributed by atoms with Crippen molar-refractivity contribution in [1.29, 1.82) is 0 Å². The molecular formula is C7H6ClFN2O2. The molecule has 0 aliphatic heterocycles. The maximum atomic E-state index is 13.0. The fourth-order valence-electron chi connectivity index (χ4n) is 0.789. The summed E-state index contributed by atoms with van der Waals surface area (Å²) in [6, 6.07) is 0. The van der Waals surface area contributed by atoms with Crippen LogP contribution in [-0.4, -0.2) is 16.2 Å². The van der Waals surface area contributed by atoms with Crippen LogP contribution in [0, 0.1) is 12.7 Å². The summed E-state index contributed by atoms with van der Waals surface area (Å²) in [5.41, 5.74) is 0.219. The van der Waals surface area contributed by atoms with Crippen molar-refractivity contribution in [3.8, 4) is 0 Å². The molecule has 0 saturated carbocycles. The van der Waals surface area contributed by atoms with Crippen LogP contribution < -0.4 is 5.32 Å². The van der Waals surface area contributed by atoms with E-state index in [4.69, 9.17) is 16.7 Å². The second-order valence-corrected chi connectivity index (χ2v) is 2.69. The molecule has 0 unspecified atom stereocenters. The van der Waals surface area contributed by atoms with E-state index in [0.717, 1.165) is 6.20 Å². The van der Waals surface area contributed by atoms with Crippen molar-refractivity contribution in [2.75, 3.05) is 5.32 Å². The summed E-state index contributed by atoms with van der Waals surface area (Å²) in [6.07, 6.45) is -0.110. The Morgan fingerprint density at radius 2 is 2.38 bits per heavy atom. The van der Waals surface area contributed by atoms with Gasteiger partial charge in [0, 0.05) is 5.56 Å². The molecule has 1 rings (SSSR count). The molecule has 0 saturated heterocycles. The van der Waals surface area contributed by atoms with E-state index in [2.05, 4.69) is 4.98 Å². The first-order chi connectivity index (χ1) is 6.02. The lowest BCUT2D eigenvalue weighted by Gasteiger charge is -2.05. The van der Waals surface area contributed by atoms with Gasteiger partial charge in [-0.1, -0.05) is 11.6 Å². The SMILES string of the molecule is Cc1c(NC(=O)O)cnc(Cl)c1F. The van der Waals surface area contributed by atoms with Crippen molar-refractivity contribution in [3.63, 3.8) is 0 Å². The summed E-state index contributed by atoms with van der Waals surface area (Å²) < 4.78 is 13.0. The fraction of sp³-hybridized carbons (Fsp3) is 0.143. The number of carboxylic acid groups (broad SMARTS) is 1. The van der Waals surface area contributed by atoms with E-state index in [1.54, 1.807) is 0 Å². The number of hydrogen-bond donors (Lipinski definition) is 2. The number of hydrogen-bond acceptors (Lipinski definition) is 2. The van der Waals surface area contributed by atoms with Crippen LogP contribution in [0.4, 0.5) is 14.9 Å². The molecule has 0 spiro atoms. The van der Waals surface area contributed by atoms with Crippen molar-refractivity contribution in [2.45, 2.75) is 6.92 Å². The average Bonchev–Trinajstić information content (AvgIpc) is 2.06. The lowest BCUT2D eigenvalue weighted by Crippen LogP contribution is -2.09. The van der Waals surface area contributed by atoms with Crippen molar-refractivity contribution >= 4 is 23.4 Å². The van der Waals surface area contributed by atoms with Crippen molar-refractivity contribution in [2.24, 2.45) is 0 Å². The number of amides is 1. The van der Waals surface area contributed by atoms with Crippen molar-refractivity contribution < 1.29 is 14.3 Å². The maximum absolute atomic E-state index is 13.0. The average molecular weight is 205 g/mol. The summed E-state index contributed by atoms with van der Waals surface area (Å²) in [5.74, 6) is -0.715. The Hall–Kier alpha value is -1.36. The topological polar surface area (TPSA) is 62.2 Å². The van der Waals surface area contributed by atoms with Gasteiger partial charge in [-0.05, 0) is 6.92 Å². The number of aromatic nitrogens is 1. The number of nitrogens with one attached hydrogen (secondary N) is 1. The van der Waals surface area contributed by atoms with E-state index in [1.165, 1.54) is 6.92 Å². The predicted octanol–water partition coefficient (Wildman–Crippen LogP) is 2.27. The highest BCUT2D eigenvalue weighted by molar-refractivity contribution is 6.29. The second-order valence-electron chi connectivity index (χ2n) is 2.33. The number of carbonyl (C=O) groups is 1. The third kappa shape index (κ3) is 2.06.